The van der Waals surface area contributed by atoms with Gasteiger partial charge in [0.25, 0.3) is 0 Å². The molecular weight excluding hydrogens is 222 g/mol. The van der Waals surface area contributed by atoms with Crippen molar-refractivity contribution in [2.75, 3.05) is 0 Å². The van der Waals surface area contributed by atoms with Crippen LogP contribution in [0, 0.1) is 5.92 Å². The van der Waals surface area contributed by atoms with Crippen molar-refractivity contribution in [3.63, 3.8) is 0 Å². The van der Waals surface area contributed by atoms with Crippen LogP contribution in [0.4, 0.5) is 0 Å². The van der Waals surface area contributed by atoms with Crippen molar-refractivity contribution in [2.24, 2.45) is 5.92 Å². The van der Waals surface area contributed by atoms with E-state index in [2.05, 4.69) is 0 Å². The summed E-state index contributed by atoms with van der Waals surface area (Å²) in [5.41, 5.74) is 0. The molecule has 0 aliphatic carbocycles. The first-order valence-electron chi connectivity index (χ1n) is 3.52. The third-order valence-corrected chi connectivity index (χ3v) is 2.17. The summed E-state index contributed by atoms with van der Waals surface area (Å²) in [4.78, 5) is 11.1. The first-order valence-corrected chi connectivity index (χ1v) is 4.66. The highest BCUT2D eigenvalue weighted by molar-refractivity contribution is 6.68. The van der Waals surface area contributed by atoms with Gasteiger partial charge in [0.05, 0.1) is 0 Å². The van der Waals surface area contributed by atoms with Crippen LogP contribution in [0.2, 0.25) is 0 Å². The van der Waals surface area contributed by atoms with E-state index in [4.69, 9.17) is 34.8 Å². The Labute approximate surface area is 86.8 Å². The first-order chi connectivity index (χ1) is 5.25. The van der Waals surface area contributed by atoms with E-state index in [0.29, 0.717) is 0 Å². The van der Waals surface area contributed by atoms with E-state index in [0.717, 1.165) is 0 Å². The van der Waals surface area contributed by atoms with E-state index in [-0.39, 0.29) is 18.1 Å². The molecule has 0 saturated carbocycles. The minimum Gasteiger partial charge on any atom is -0.388 e. The highest BCUT2D eigenvalue weighted by atomic mass is 35.6. The fourth-order valence-electron chi connectivity index (χ4n) is 0.542. The Hall–Kier alpha value is 0.500. The molecule has 1 atom stereocenters. The lowest BCUT2D eigenvalue weighted by Gasteiger charge is -2.18. The lowest BCUT2D eigenvalue weighted by molar-refractivity contribution is -0.123. The van der Waals surface area contributed by atoms with E-state index in [9.17, 15) is 9.90 Å². The second kappa shape index (κ2) is 4.66. The summed E-state index contributed by atoms with van der Waals surface area (Å²) in [6.45, 7) is 3.46. The van der Waals surface area contributed by atoms with Crippen LogP contribution < -0.4 is 0 Å². The lowest BCUT2D eigenvalue weighted by atomic mass is 10.0. The number of rotatable bonds is 3. The van der Waals surface area contributed by atoms with E-state index in [1.807, 2.05) is 0 Å². The van der Waals surface area contributed by atoms with Crippen molar-refractivity contribution in [2.45, 2.75) is 30.2 Å². The maximum absolute atomic E-state index is 11.1. The number of carbonyl (C=O) groups is 1. The van der Waals surface area contributed by atoms with Gasteiger partial charge in [0, 0.05) is 12.3 Å². The van der Waals surface area contributed by atoms with Crippen LogP contribution in [-0.4, -0.2) is 20.8 Å². The molecule has 1 unspecified atom stereocenters. The van der Waals surface area contributed by atoms with Crippen LogP contribution in [0.15, 0.2) is 0 Å². The van der Waals surface area contributed by atoms with E-state index >= 15 is 0 Å². The van der Waals surface area contributed by atoms with Gasteiger partial charge < -0.3 is 5.11 Å². The fourth-order valence-corrected chi connectivity index (χ4v) is 0.773. The van der Waals surface area contributed by atoms with Crippen molar-refractivity contribution < 1.29 is 9.90 Å². The Morgan fingerprint density at radius 1 is 1.42 bits per heavy atom. The van der Waals surface area contributed by atoms with Crippen molar-refractivity contribution >= 4 is 40.6 Å². The summed E-state index contributed by atoms with van der Waals surface area (Å²) in [6.07, 6.45) is -1.34. The molecule has 0 heterocycles. The topological polar surface area (TPSA) is 37.3 Å². The average molecular weight is 234 g/mol. The second-order valence-corrected chi connectivity index (χ2v) is 5.25. The molecule has 2 nitrogen and oxygen atoms in total. The lowest BCUT2D eigenvalue weighted by Crippen LogP contribution is -2.29. The van der Waals surface area contributed by atoms with Gasteiger partial charge in [-0.2, -0.15) is 0 Å². The Balaban J connectivity index is 4.02. The van der Waals surface area contributed by atoms with Gasteiger partial charge in [-0.1, -0.05) is 48.7 Å². The zero-order valence-corrected chi connectivity index (χ0v) is 9.12. The number of ketones is 1. The fraction of sp³-hybridized carbons (Fsp3) is 0.857. The summed E-state index contributed by atoms with van der Waals surface area (Å²) in [6, 6.07) is 0. The molecule has 0 aromatic rings. The average Bonchev–Trinajstić information content (AvgIpc) is 1.85. The third kappa shape index (κ3) is 4.51. The molecule has 0 aliphatic rings. The molecule has 0 aromatic carbocycles. The molecule has 1 N–H and O–H groups in total. The standard InChI is InChI=1S/C7H11Cl3O2/c1-4(2)5(11)3-6(12)7(8,9)10/h4,6,12H,3H2,1-2H3. The largest absolute Gasteiger partial charge is 0.388 e. The number of hydrogen-bond donors (Lipinski definition) is 1. The molecule has 0 saturated heterocycles. The molecule has 0 amide bonds. The zero-order valence-electron chi connectivity index (χ0n) is 6.85. The number of aliphatic hydroxyl groups is 1. The molecule has 0 aromatic heterocycles. The number of Topliss-reactive ketones (excluding diaryl/α,β-unsaturated/α-hetero) is 1. The van der Waals surface area contributed by atoms with Crippen LogP contribution in [0.25, 0.3) is 0 Å². The number of halogens is 3. The SMILES string of the molecule is CC(C)C(=O)CC(O)C(Cl)(Cl)Cl. The van der Waals surface area contributed by atoms with Crippen molar-refractivity contribution in [1.29, 1.82) is 0 Å². The van der Waals surface area contributed by atoms with Crippen LogP contribution >= 0.6 is 34.8 Å². The van der Waals surface area contributed by atoms with Gasteiger partial charge in [-0.05, 0) is 0 Å². The molecule has 5 heteroatoms. The Morgan fingerprint density at radius 3 is 2.08 bits per heavy atom. The molecule has 0 radical (unpaired) electrons. The predicted octanol–water partition coefficient (Wildman–Crippen LogP) is 2.33. The minimum atomic E-state index is -1.77. The van der Waals surface area contributed by atoms with Gasteiger partial charge in [-0.25, -0.2) is 0 Å². The molecule has 0 bridgehead atoms. The normalized spacial score (nSPS) is 14.9. The molecule has 0 aliphatic heterocycles. The van der Waals surface area contributed by atoms with Crippen LogP contribution in [0.1, 0.15) is 20.3 Å². The maximum Gasteiger partial charge on any atom is 0.216 e. The number of carbonyl (C=O) groups excluding carboxylic acids is 1. The molecule has 0 spiro atoms. The van der Waals surface area contributed by atoms with Gasteiger partial charge in [0.15, 0.2) is 0 Å². The van der Waals surface area contributed by atoms with Gasteiger partial charge in [0.2, 0.25) is 3.79 Å². The summed E-state index contributed by atoms with van der Waals surface area (Å²) in [7, 11) is 0. The van der Waals surface area contributed by atoms with Crippen LogP contribution in [0.5, 0.6) is 0 Å². The van der Waals surface area contributed by atoms with Crippen molar-refractivity contribution in [3.8, 4) is 0 Å². The quantitative estimate of drug-likeness (QED) is 0.760. The Kier molecular flexibility index (Phi) is 4.85. The summed E-state index contributed by atoms with van der Waals surface area (Å²) in [5, 5.41) is 9.19. The molecule has 72 valence electrons. The van der Waals surface area contributed by atoms with Crippen LogP contribution in [-0.2, 0) is 4.79 Å². The van der Waals surface area contributed by atoms with E-state index in [1.165, 1.54) is 0 Å². The van der Waals surface area contributed by atoms with Gasteiger partial charge >= 0.3 is 0 Å². The zero-order chi connectivity index (χ0) is 9.94. The monoisotopic (exact) mass is 232 g/mol. The maximum atomic E-state index is 11.1. The summed E-state index contributed by atoms with van der Waals surface area (Å²) < 4.78 is -1.77. The first kappa shape index (κ1) is 12.5. The van der Waals surface area contributed by atoms with Gasteiger partial charge in [-0.15, -0.1) is 0 Å². The third-order valence-electron chi connectivity index (χ3n) is 1.42. The Bertz CT molecular complexity index is 163. The van der Waals surface area contributed by atoms with E-state index in [1.54, 1.807) is 13.8 Å². The number of hydrogen-bond acceptors (Lipinski definition) is 2. The molecule has 0 rings (SSSR count). The molecular formula is C7H11Cl3O2. The van der Waals surface area contributed by atoms with Crippen LogP contribution in [0.3, 0.4) is 0 Å². The summed E-state index contributed by atoms with van der Waals surface area (Å²) in [5.74, 6) is -0.263. The number of alkyl halides is 3. The van der Waals surface area contributed by atoms with Gasteiger partial charge in [-0.3, -0.25) is 4.79 Å². The smallest absolute Gasteiger partial charge is 0.216 e. The Morgan fingerprint density at radius 2 is 1.83 bits per heavy atom. The highest BCUT2D eigenvalue weighted by Gasteiger charge is 2.32. The van der Waals surface area contributed by atoms with Gasteiger partial charge in [0.1, 0.15) is 11.9 Å². The van der Waals surface area contributed by atoms with Crippen molar-refractivity contribution in [3.05, 3.63) is 0 Å². The second-order valence-electron chi connectivity index (χ2n) is 2.88. The predicted molar refractivity (Wildman–Crippen MR) is 50.8 cm³/mol. The molecule has 0 fully saturated rings. The summed E-state index contributed by atoms with van der Waals surface area (Å²) >= 11 is 16.1. The van der Waals surface area contributed by atoms with Crippen molar-refractivity contribution in [1.82, 2.24) is 0 Å². The minimum absolute atomic E-state index is 0.117. The highest BCUT2D eigenvalue weighted by Crippen LogP contribution is 2.32. The number of aliphatic hydroxyl groups excluding tert-OH is 1. The van der Waals surface area contributed by atoms with E-state index < -0.39 is 9.90 Å². The molecule has 12 heavy (non-hydrogen) atoms.